The average molecular weight is 244 g/mol. The Morgan fingerprint density at radius 3 is 2.88 bits per heavy atom. The molecule has 1 N–H and O–H groups in total. The Kier molecular flexibility index (Phi) is 4.96. The van der Waals surface area contributed by atoms with Gasteiger partial charge in [-0.05, 0) is 13.8 Å². The summed E-state index contributed by atoms with van der Waals surface area (Å²) in [5.41, 5.74) is 0.364. The normalized spacial score (nSPS) is 12.2. The standard InChI is InChI=1S/C11H14F2N2O2/c1-7(16)8(2)17-4-3-14-9-5-10(12)11(13)15-6-9/h5-6,8,14H,3-4H2,1-2H3. The highest BCUT2D eigenvalue weighted by Crippen LogP contribution is 2.09. The summed E-state index contributed by atoms with van der Waals surface area (Å²) in [5.74, 6) is -2.19. The van der Waals surface area contributed by atoms with Gasteiger partial charge in [-0.25, -0.2) is 9.37 Å². The molecule has 0 saturated carbocycles. The molecule has 0 bridgehead atoms. The number of nitrogens with one attached hydrogen (secondary N) is 1. The molecule has 0 radical (unpaired) electrons. The summed E-state index contributed by atoms with van der Waals surface area (Å²) in [4.78, 5) is 14.1. The number of hydrogen-bond acceptors (Lipinski definition) is 4. The van der Waals surface area contributed by atoms with Gasteiger partial charge in [0.25, 0.3) is 0 Å². The van der Waals surface area contributed by atoms with E-state index in [4.69, 9.17) is 4.74 Å². The van der Waals surface area contributed by atoms with Gasteiger partial charge in [0.15, 0.2) is 11.6 Å². The van der Waals surface area contributed by atoms with Gasteiger partial charge in [0, 0.05) is 12.6 Å². The Bertz CT molecular complexity index is 399. The zero-order chi connectivity index (χ0) is 12.8. The van der Waals surface area contributed by atoms with E-state index in [9.17, 15) is 13.6 Å². The predicted molar refractivity (Wildman–Crippen MR) is 58.7 cm³/mol. The Labute approximate surface area is 98.0 Å². The first-order valence-electron chi connectivity index (χ1n) is 5.17. The molecule has 0 amide bonds. The van der Waals surface area contributed by atoms with E-state index in [0.29, 0.717) is 18.8 Å². The third-order valence-electron chi connectivity index (χ3n) is 2.17. The van der Waals surface area contributed by atoms with Crippen LogP contribution in [0.4, 0.5) is 14.5 Å². The van der Waals surface area contributed by atoms with Crippen LogP contribution in [0.25, 0.3) is 0 Å². The van der Waals surface area contributed by atoms with Gasteiger partial charge in [-0.15, -0.1) is 0 Å². The fraction of sp³-hybridized carbons (Fsp3) is 0.455. The third-order valence-corrected chi connectivity index (χ3v) is 2.17. The summed E-state index contributed by atoms with van der Waals surface area (Å²) in [6.45, 7) is 3.77. The molecule has 1 rings (SSSR count). The van der Waals surface area contributed by atoms with Crippen LogP contribution in [0.1, 0.15) is 13.8 Å². The van der Waals surface area contributed by atoms with Crippen molar-refractivity contribution in [1.29, 1.82) is 0 Å². The molecular formula is C11H14F2N2O2. The van der Waals surface area contributed by atoms with Crippen LogP contribution in [0.3, 0.4) is 0 Å². The predicted octanol–water partition coefficient (Wildman–Crippen LogP) is 1.77. The number of carbonyl (C=O) groups excluding carboxylic acids is 1. The van der Waals surface area contributed by atoms with E-state index in [-0.39, 0.29) is 5.78 Å². The summed E-state index contributed by atoms with van der Waals surface area (Å²) in [7, 11) is 0. The van der Waals surface area contributed by atoms with Crippen LogP contribution in [-0.4, -0.2) is 30.0 Å². The largest absolute Gasteiger partial charge is 0.381 e. The highest BCUT2D eigenvalue weighted by Gasteiger charge is 2.07. The molecule has 0 aliphatic heterocycles. The second-order valence-corrected chi connectivity index (χ2v) is 3.55. The molecule has 6 heteroatoms. The van der Waals surface area contributed by atoms with Crippen molar-refractivity contribution >= 4 is 11.5 Å². The lowest BCUT2D eigenvalue weighted by atomic mass is 10.3. The van der Waals surface area contributed by atoms with Crippen molar-refractivity contribution in [3.05, 3.63) is 24.0 Å². The van der Waals surface area contributed by atoms with Crippen LogP contribution in [0.15, 0.2) is 12.3 Å². The topological polar surface area (TPSA) is 51.2 Å². The van der Waals surface area contributed by atoms with Crippen molar-refractivity contribution in [2.24, 2.45) is 0 Å². The molecular weight excluding hydrogens is 230 g/mol. The minimum Gasteiger partial charge on any atom is -0.381 e. The highest BCUT2D eigenvalue weighted by atomic mass is 19.2. The fourth-order valence-corrected chi connectivity index (χ4v) is 1.07. The Morgan fingerprint density at radius 1 is 1.59 bits per heavy atom. The van der Waals surface area contributed by atoms with Gasteiger partial charge in [-0.3, -0.25) is 4.79 Å². The molecule has 4 nitrogen and oxygen atoms in total. The number of Topliss-reactive ketones (excluding diaryl/α,β-unsaturated/α-hetero) is 1. The molecule has 1 atom stereocenters. The number of pyridine rings is 1. The lowest BCUT2D eigenvalue weighted by Gasteiger charge is -2.10. The van der Waals surface area contributed by atoms with Crippen molar-refractivity contribution in [3.63, 3.8) is 0 Å². The zero-order valence-corrected chi connectivity index (χ0v) is 9.67. The van der Waals surface area contributed by atoms with Crippen LogP contribution in [-0.2, 0) is 9.53 Å². The van der Waals surface area contributed by atoms with Crippen LogP contribution < -0.4 is 5.32 Å². The number of aromatic nitrogens is 1. The van der Waals surface area contributed by atoms with Crippen LogP contribution in [0.2, 0.25) is 0 Å². The molecule has 1 aromatic heterocycles. The van der Waals surface area contributed by atoms with E-state index in [0.717, 1.165) is 6.07 Å². The van der Waals surface area contributed by atoms with Gasteiger partial charge in [0.2, 0.25) is 5.95 Å². The van der Waals surface area contributed by atoms with Gasteiger partial charge in [0.1, 0.15) is 6.10 Å². The number of anilines is 1. The highest BCUT2D eigenvalue weighted by molar-refractivity contribution is 5.79. The van der Waals surface area contributed by atoms with E-state index >= 15 is 0 Å². The van der Waals surface area contributed by atoms with Gasteiger partial charge in [0.05, 0.1) is 18.5 Å². The second-order valence-electron chi connectivity index (χ2n) is 3.55. The summed E-state index contributed by atoms with van der Waals surface area (Å²) in [5, 5.41) is 2.80. The molecule has 94 valence electrons. The van der Waals surface area contributed by atoms with Crippen molar-refractivity contribution < 1.29 is 18.3 Å². The molecule has 0 aliphatic rings. The minimum atomic E-state index is -1.13. The summed E-state index contributed by atoms with van der Waals surface area (Å²) in [6.07, 6.45) is 0.729. The molecule has 0 aromatic carbocycles. The zero-order valence-electron chi connectivity index (χ0n) is 9.67. The minimum absolute atomic E-state index is 0.0560. The molecule has 0 fully saturated rings. The van der Waals surface area contributed by atoms with Crippen molar-refractivity contribution in [1.82, 2.24) is 4.98 Å². The van der Waals surface area contributed by atoms with Crippen LogP contribution in [0.5, 0.6) is 0 Å². The number of carbonyl (C=O) groups is 1. The van der Waals surface area contributed by atoms with E-state index in [1.807, 2.05) is 0 Å². The van der Waals surface area contributed by atoms with Crippen molar-refractivity contribution in [2.45, 2.75) is 20.0 Å². The Morgan fingerprint density at radius 2 is 2.29 bits per heavy atom. The van der Waals surface area contributed by atoms with E-state index < -0.39 is 17.9 Å². The maximum absolute atomic E-state index is 12.8. The molecule has 0 aliphatic carbocycles. The van der Waals surface area contributed by atoms with Gasteiger partial charge in [-0.2, -0.15) is 4.39 Å². The number of hydrogen-bond donors (Lipinski definition) is 1. The summed E-state index contributed by atoms with van der Waals surface area (Å²) < 4.78 is 30.5. The monoisotopic (exact) mass is 244 g/mol. The number of rotatable bonds is 6. The molecule has 0 spiro atoms. The van der Waals surface area contributed by atoms with E-state index in [1.54, 1.807) is 6.92 Å². The Hall–Kier alpha value is -1.56. The summed E-state index contributed by atoms with van der Waals surface area (Å²) in [6, 6.07) is 1.01. The maximum Gasteiger partial charge on any atom is 0.249 e. The van der Waals surface area contributed by atoms with Crippen molar-refractivity contribution in [3.8, 4) is 0 Å². The number of ether oxygens (including phenoxy) is 1. The molecule has 17 heavy (non-hydrogen) atoms. The number of halogens is 2. The van der Waals surface area contributed by atoms with E-state index in [2.05, 4.69) is 10.3 Å². The van der Waals surface area contributed by atoms with Gasteiger partial charge < -0.3 is 10.1 Å². The SMILES string of the molecule is CC(=O)C(C)OCCNc1cnc(F)c(F)c1. The smallest absolute Gasteiger partial charge is 0.249 e. The quantitative estimate of drug-likeness (QED) is 0.612. The molecule has 1 aromatic rings. The molecule has 0 saturated heterocycles. The summed E-state index contributed by atoms with van der Waals surface area (Å²) >= 11 is 0. The molecule has 1 heterocycles. The van der Waals surface area contributed by atoms with Crippen molar-refractivity contribution in [2.75, 3.05) is 18.5 Å². The second kappa shape index (κ2) is 6.24. The first kappa shape index (κ1) is 13.5. The fourth-order valence-electron chi connectivity index (χ4n) is 1.07. The Balaban J connectivity index is 2.31. The van der Waals surface area contributed by atoms with Crippen LogP contribution in [0, 0.1) is 11.8 Å². The first-order chi connectivity index (χ1) is 8.00. The van der Waals surface area contributed by atoms with Gasteiger partial charge in [-0.1, -0.05) is 0 Å². The number of ketones is 1. The van der Waals surface area contributed by atoms with Gasteiger partial charge >= 0.3 is 0 Å². The maximum atomic E-state index is 12.8. The lowest BCUT2D eigenvalue weighted by Crippen LogP contribution is -2.21. The average Bonchev–Trinajstić information content (AvgIpc) is 2.28. The number of nitrogens with zero attached hydrogens (tertiary/aromatic N) is 1. The lowest BCUT2D eigenvalue weighted by molar-refractivity contribution is -0.127. The molecule has 1 unspecified atom stereocenters. The first-order valence-corrected chi connectivity index (χ1v) is 5.17. The van der Waals surface area contributed by atoms with Crippen LogP contribution >= 0.6 is 0 Å². The van der Waals surface area contributed by atoms with E-state index in [1.165, 1.54) is 13.1 Å². The third kappa shape index (κ3) is 4.44.